The highest BCUT2D eigenvalue weighted by Gasteiger charge is 2.45. The Labute approximate surface area is 224 Å². The van der Waals surface area contributed by atoms with E-state index < -0.39 is 0 Å². The highest BCUT2D eigenvalue weighted by molar-refractivity contribution is 5.86. The van der Waals surface area contributed by atoms with Crippen molar-refractivity contribution >= 4 is 11.4 Å². The minimum atomic E-state index is -0.351. The van der Waals surface area contributed by atoms with Gasteiger partial charge in [-0.15, -0.1) is 0 Å². The number of fused-ring (bicyclic) bond motifs is 3. The number of nitrogens with one attached hydrogen (secondary N) is 1. The normalized spacial score (nSPS) is 12.9. The van der Waals surface area contributed by atoms with Gasteiger partial charge in [-0.3, -0.25) is 0 Å². The molecule has 0 unspecified atom stereocenters. The van der Waals surface area contributed by atoms with Crippen LogP contribution < -0.4 is 5.32 Å². The van der Waals surface area contributed by atoms with Crippen LogP contribution in [-0.4, -0.2) is 0 Å². The lowest BCUT2D eigenvalue weighted by Crippen LogP contribution is -2.28. The molecule has 0 fully saturated rings. The van der Waals surface area contributed by atoms with Gasteiger partial charge in [0.25, 0.3) is 0 Å². The zero-order valence-corrected chi connectivity index (χ0v) is 21.0. The monoisotopic (exact) mass is 485 g/mol. The van der Waals surface area contributed by atoms with Crippen molar-refractivity contribution in [2.75, 3.05) is 5.32 Å². The van der Waals surface area contributed by atoms with Gasteiger partial charge >= 0.3 is 0 Å². The van der Waals surface area contributed by atoms with Gasteiger partial charge in [-0.05, 0) is 68.8 Å². The molecule has 1 heteroatoms. The van der Waals surface area contributed by atoms with Gasteiger partial charge < -0.3 is 5.32 Å². The van der Waals surface area contributed by atoms with Crippen LogP contribution in [0.2, 0.25) is 0 Å². The maximum absolute atomic E-state index is 3.47. The Morgan fingerprint density at radius 1 is 0.342 bits per heavy atom. The van der Waals surface area contributed by atoms with Gasteiger partial charge in [-0.1, -0.05) is 133 Å². The summed E-state index contributed by atoms with van der Waals surface area (Å²) < 4.78 is 0. The predicted molar refractivity (Wildman–Crippen MR) is 159 cm³/mol. The zero-order valence-electron chi connectivity index (χ0n) is 21.0. The van der Waals surface area contributed by atoms with Crippen molar-refractivity contribution in [1.82, 2.24) is 0 Å². The molecule has 0 aromatic heterocycles. The molecule has 0 aliphatic heterocycles. The number of benzene rings is 6. The van der Waals surface area contributed by atoms with Crippen LogP contribution in [0, 0.1) is 0 Å². The molecule has 1 aliphatic rings. The molecule has 0 saturated carbocycles. The number of para-hydroxylation sites is 1. The third-order valence-corrected chi connectivity index (χ3v) is 7.76. The first kappa shape index (κ1) is 22.3. The van der Waals surface area contributed by atoms with E-state index in [1.165, 1.54) is 44.5 Å². The van der Waals surface area contributed by atoms with Crippen molar-refractivity contribution in [1.29, 1.82) is 0 Å². The Morgan fingerprint density at radius 3 is 1.34 bits per heavy atom. The van der Waals surface area contributed by atoms with Crippen LogP contribution in [0.1, 0.15) is 22.3 Å². The van der Waals surface area contributed by atoms with Crippen molar-refractivity contribution < 1.29 is 0 Å². The van der Waals surface area contributed by atoms with E-state index in [2.05, 4.69) is 145 Å². The second kappa shape index (κ2) is 9.21. The van der Waals surface area contributed by atoms with Crippen LogP contribution in [0.5, 0.6) is 0 Å². The Bertz CT molecular complexity index is 1650. The van der Waals surface area contributed by atoms with E-state index in [9.17, 15) is 0 Å². The summed E-state index contributed by atoms with van der Waals surface area (Å²) in [5.41, 5.74) is 12.1. The molecule has 1 aliphatic carbocycles. The number of rotatable bonds is 5. The van der Waals surface area contributed by atoms with E-state index >= 15 is 0 Å². The lowest BCUT2D eigenvalue weighted by atomic mass is 9.67. The standard InChI is InChI=1S/C37H27N/c1-3-11-29(12-4-1)37(35-17-9-7-15-33(35)34-16-8-10-18-36(34)37)30-23-19-27(20-24-30)28-21-25-32(26-22-28)38-31-13-5-2-6-14-31/h1-26,38H. The number of anilines is 2. The predicted octanol–water partition coefficient (Wildman–Crippen LogP) is 9.46. The highest BCUT2D eigenvalue weighted by atomic mass is 14.9. The molecule has 38 heavy (non-hydrogen) atoms. The Hall–Kier alpha value is -4.88. The summed E-state index contributed by atoms with van der Waals surface area (Å²) in [6.07, 6.45) is 0. The summed E-state index contributed by atoms with van der Waals surface area (Å²) in [6, 6.07) is 56.8. The van der Waals surface area contributed by atoms with Crippen LogP contribution >= 0.6 is 0 Å². The summed E-state index contributed by atoms with van der Waals surface area (Å²) in [7, 11) is 0. The molecule has 0 saturated heterocycles. The minimum absolute atomic E-state index is 0.351. The molecule has 6 aromatic carbocycles. The second-order valence-electron chi connectivity index (χ2n) is 9.85. The average molecular weight is 486 g/mol. The lowest BCUT2D eigenvalue weighted by molar-refractivity contribution is 0.768. The second-order valence-corrected chi connectivity index (χ2v) is 9.85. The summed E-state index contributed by atoms with van der Waals surface area (Å²) in [5.74, 6) is 0. The Morgan fingerprint density at radius 2 is 0.763 bits per heavy atom. The van der Waals surface area contributed by atoms with Gasteiger partial charge in [0.1, 0.15) is 0 Å². The van der Waals surface area contributed by atoms with Crippen molar-refractivity contribution in [2.24, 2.45) is 0 Å². The molecule has 0 radical (unpaired) electrons. The first-order valence-corrected chi connectivity index (χ1v) is 13.1. The molecular formula is C37H27N. The van der Waals surface area contributed by atoms with E-state index in [0.717, 1.165) is 11.4 Å². The van der Waals surface area contributed by atoms with E-state index in [1.807, 2.05) is 18.2 Å². The average Bonchev–Trinajstić information content (AvgIpc) is 3.30. The van der Waals surface area contributed by atoms with Crippen LogP contribution in [0.3, 0.4) is 0 Å². The van der Waals surface area contributed by atoms with E-state index in [0.29, 0.717) is 0 Å². The summed E-state index contributed by atoms with van der Waals surface area (Å²) in [6.45, 7) is 0. The molecule has 0 spiro atoms. The minimum Gasteiger partial charge on any atom is -0.356 e. The first-order valence-electron chi connectivity index (χ1n) is 13.1. The van der Waals surface area contributed by atoms with Crippen molar-refractivity contribution in [2.45, 2.75) is 5.41 Å². The maximum atomic E-state index is 3.47. The van der Waals surface area contributed by atoms with Gasteiger partial charge in [-0.2, -0.15) is 0 Å². The lowest BCUT2D eigenvalue weighted by Gasteiger charge is -2.34. The van der Waals surface area contributed by atoms with Gasteiger partial charge in [0, 0.05) is 11.4 Å². The van der Waals surface area contributed by atoms with Gasteiger partial charge in [0.05, 0.1) is 5.41 Å². The maximum Gasteiger partial charge on any atom is 0.0713 e. The largest absolute Gasteiger partial charge is 0.356 e. The van der Waals surface area contributed by atoms with E-state index in [4.69, 9.17) is 0 Å². The Balaban J connectivity index is 1.31. The molecule has 0 heterocycles. The van der Waals surface area contributed by atoms with Gasteiger partial charge in [0.15, 0.2) is 0 Å². The number of hydrogen-bond acceptors (Lipinski definition) is 1. The summed E-state index contributed by atoms with van der Waals surface area (Å²) in [4.78, 5) is 0. The SMILES string of the molecule is c1ccc(Nc2ccc(-c3ccc(C4(c5ccccc5)c5ccccc5-c5ccccc54)cc3)cc2)cc1. The third kappa shape index (κ3) is 3.55. The fourth-order valence-electron chi connectivity index (χ4n) is 6.06. The smallest absolute Gasteiger partial charge is 0.0713 e. The molecule has 0 amide bonds. The van der Waals surface area contributed by atoms with E-state index in [-0.39, 0.29) is 5.41 Å². The van der Waals surface area contributed by atoms with Crippen LogP contribution in [0.15, 0.2) is 158 Å². The molecular weight excluding hydrogens is 458 g/mol. The molecule has 7 rings (SSSR count). The fourth-order valence-corrected chi connectivity index (χ4v) is 6.06. The molecule has 1 N–H and O–H groups in total. The molecule has 180 valence electrons. The van der Waals surface area contributed by atoms with Crippen LogP contribution in [-0.2, 0) is 5.41 Å². The molecule has 6 aromatic rings. The summed E-state index contributed by atoms with van der Waals surface area (Å²) >= 11 is 0. The molecule has 1 nitrogen and oxygen atoms in total. The van der Waals surface area contributed by atoms with Crippen molar-refractivity contribution in [3.63, 3.8) is 0 Å². The quantitative estimate of drug-likeness (QED) is 0.256. The van der Waals surface area contributed by atoms with Crippen LogP contribution in [0.25, 0.3) is 22.3 Å². The molecule has 0 atom stereocenters. The molecule has 0 bridgehead atoms. The van der Waals surface area contributed by atoms with Gasteiger partial charge in [0.2, 0.25) is 0 Å². The van der Waals surface area contributed by atoms with Gasteiger partial charge in [-0.25, -0.2) is 0 Å². The van der Waals surface area contributed by atoms with Crippen LogP contribution in [0.4, 0.5) is 11.4 Å². The fraction of sp³-hybridized carbons (Fsp3) is 0.0270. The van der Waals surface area contributed by atoms with E-state index in [1.54, 1.807) is 0 Å². The summed E-state index contributed by atoms with van der Waals surface area (Å²) in [5, 5.41) is 3.47. The van der Waals surface area contributed by atoms with Crippen molar-refractivity contribution in [3.8, 4) is 22.3 Å². The first-order chi connectivity index (χ1) is 18.8. The topological polar surface area (TPSA) is 12.0 Å². The Kier molecular flexibility index (Phi) is 5.41. The van der Waals surface area contributed by atoms with Crippen molar-refractivity contribution in [3.05, 3.63) is 180 Å². The zero-order chi connectivity index (χ0) is 25.4. The third-order valence-electron chi connectivity index (χ3n) is 7.76. The highest BCUT2D eigenvalue weighted by Crippen LogP contribution is 2.55. The number of hydrogen-bond donors (Lipinski definition) is 1.